The van der Waals surface area contributed by atoms with Crippen LogP contribution in [0.25, 0.3) is 33.4 Å². The third kappa shape index (κ3) is 4.43. The summed E-state index contributed by atoms with van der Waals surface area (Å²) in [5, 5.41) is 11.0. The fourth-order valence-corrected chi connectivity index (χ4v) is 4.69. The van der Waals surface area contributed by atoms with Crippen LogP contribution in [-0.2, 0) is 6.54 Å². The zero-order valence-electron chi connectivity index (χ0n) is 19.5. The van der Waals surface area contributed by atoms with E-state index in [1.165, 1.54) is 12.1 Å². The Morgan fingerprint density at radius 3 is 2.44 bits per heavy atom. The van der Waals surface area contributed by atoms with Gasteiger partial charge in [-0.15, -0.1) is 0 Å². The fourth-order valence-electron chi connectivity index (χ4n) is 4.37. The van der Waals surface area contributed by atoms with Gasteiger partial charge in [0.2, 0.25) is 5.43 Å². The van der Waals surface area contributed by atoms with Gasteiger partial charge in [0.1, 0.15) is 17.1 Å². The number of phenolic OH excluding ortho intramolecular Hbond substituents is 1. The Morgan fingerprint density at radius 1 is 0.972 bits per heavy atom. The molecule has 5 rings (SSSR count). The number of phenols is 1. The molecule has 0 saturated heterocycles. The molecule has 0 spiro atoms. The first-order valence-electron chi connectivity index (χ1n) is 11.2. The highest BCUT2D eigenvalue weighted by Crippen LogP contribution is 2.43. The molecule has 0 bridgehead atoms. The van der Waals surface area contributed by atoms with E-state index in [9.17, 15) is 14.7 Å². The van der Waals surface area contributed by atoms with Crippen molar-refractivity contribution < 1.29 is 14.3 Å². The van der Waals surface area contributed by atoms with Crippen LogP contribution >= 0.6 is 23.2 Å². The Hall–Kier alpha value is -3.80. The van der Waals surface area contributed by atoms with Crippen molar-refractivity contribution in [3.63, 3.8) is 0 Å². The smallest absolute Gasteiger partial charge is 0.253 e. The van der Waals surface area contributed by atoms with E-state index in [1.54, 1.807) is 36.2 Å². The molecule has 5 nitrogen and oxygen atoms in total. The number of nitrogens with zero attached hydrogens (tertiary/aromatic N) is 1. The number of amides is 1. The van der Waals surface area contributed by atoms with Gasteiger partial charge < -0.3 is 14.4 Å². The van der Waals surface area contributed by atoms with E-state index in [1.807, 2.05) is 37.3 Å². The summed E-state index contributed by atoms with van der Waals surface area (Å²) in [6.45, 7) is 2.52. The van der Waals surface area contributed by atoms with Crippen LogP contribution in [0, 0.1) is 6.92 Å². The van der Waals surface area contributed by atoms with Gasteiger partial charge in [-0.25, -0.2) is 0 Å². The van der Waals surface area contributed by atoms with Gasteiger partial charge in [0.05, 0.1) is 10.0 Å². The number of carbonyl (C=O) groups is 1. The first-order valence-corrected chi connectivity index (χ1v) is 12.0. The number of aryl methyl sites for hydroxylation is 1. The third-order valence-electron chi connectivity index (χ3n) is 6.11. The van der Waals surface area contributed by atoms with E-state index in [0.717, 1.165) is 22.3 Å². The van der Waals surface area contributed by atoms with Gasteiger partial charge in [-0.1, -0.05) is 65.2 Å². The Balaban J connectivity index is 1.57. The van der Waals surface area contributed by atoms with Crippen molar-refractivity contribution in [1.29, 1.82) is 0 Å². The van der Waals surface area contributed by atoms with Gasteiger partial charge >= 0.3 is 0 Å². The largest absolute Gasteiger partial charge is 0.506 e. The number of fused-ring (bicyclic) bond motifs is 2. The summed E-state index contributed by atoms with van der Waals surface area (Å²) in [4.78, 5) is 26.9. The quantitative estimate of drug-likeness (QED) is 0.257. The van der Waals surface area contributed by atoms with Crippen LogP contribution in [0.4, 0.5) is 0 Å². The first-order chi connectivity index (χ1) is 17.2. The maximum absolute atomic E-state index is 13.1. The topological polar surface area (TPSA) is 70.8 Å². The Labute approximate surface area is 217 Å². The van der Waals surface area contributed by atoms with Crippen LogP contribution in [0.5, 0.6) is 5.75 Å². The maximum Gasteiger partial charge on any atom is 0.253 e. The monoisotopic (exact) mass is 517 g/mol. The predicted molar refractivity (Wildman–Crippen MR) is 143 cm³/mol. The Morgan fingerprint density at radius 2 is 1.72 bits per heavy atom. The molecule has 2 aliphatic rings. The molecule has 0 atom stereocenters. The van der Waals surface area contributed by atoms with Crippen molar-refractivity contribution in [2.75, 3.05) is 7.05 Å². The van der Waals surface area contributed by atoms with E-state index in [2.05, 4.69) is 6.07 Å². The van der Waals surface area contributed by atoms with Crippen LogP contribution in [0.15, 0.2) is 82.0 Å². The van der Waals surface area contributed by atoms with E-state index < -0.39 is 0 Å². The lowest BCUT2D eigenvalue weighted by Gasteiger charge is -2.19. The summed E-state index contributed by atoms with van der Waals surface area (Å²) in [6, 6.07) is 21.2. The van der Waals surface area contributed by atoms with E-state index >= 15 is 0 Å². The number of benzene rings is 4. The summed E-state index contributed by atoms with van der Waals surface area (Å²) in [6.07, 6.45) is 0. The molecule has 180 valence electrons. The minimum absolute atomic E-state index is 0.0627. The third-order valence-corrected chi connectivity index (χ3v) is 6.71. The van der Waals surface area contributed by atoms with Gasteiger partial charge in [0.15, 0.2) is 0 Å². The molecule has 0 unspecified atom stereocenters. The van der Waals surface area contributed by atoms with Crippen LogP contribution in [0.3, 0.4) is 0 Å². The molecule has 0 radical (unpaired) electrons. The number of halogens is 2. The molecule has 3 aromatic rings. The number of aromatic hydroxyl groups is 1. The molecule has 1 amide bonds. The summed E-state index contributed by atoms with van der Waals surface area (Å²) in [5.74, 6) is 0.0895. The lowest BCUT2D eigenvalue weighted by molar-refractivity contribution is 0.0785. The molecular formula is C29H21Cl2NO4. The van der Waals surface area contributed by atoms with Gasteiger partial charge in [0, 0.05) is 47.8 Å². The molecule has 36 heavy (non-hydrogen) atoms. The zero-order valence-corrected chi connectivity index (χ0v) is 21.0. The first kappa shape index (κ1) is 23.9. The van der Waals surface area contributed by atoms with Crippen molar-refractivity contribution >= 4 is 40.1 Å². The Kier molecular flexibility index (Phi) is 6.20. The molecule has 1 N–H and O–H groups in total. The van der Waals surface area contributed by atoms with E-state index in [0.29, 0.717) is 34.4 Å². The Bertz CT molecular complexity index is 1660. The van der Waals surface area contributed by atoms with Crippen LogP contribution in [-0.4, -0.2) is 23.0 Å². The second-order valence-corrected chi connectivity index (χ2v) is 9.60. The van der Waals surface area contributed by atoms with E-state index in [4.69, 9.17) is 27.6 Å². The standard InChI is InChI=1S/C29H21Cl2NO4/c1-16-4-3-5-17(10-16)15-32(2)29(35)19-8-6-18(7-9-19)28-20-11-22(30)24(33)13-26(20)36-27-14-25(34)23(31)12-21(27)28/h3-14,33H,15H2,1-2H3. The second kappa shape index (κ2) is 9.34. The minimum Gasteiger partial charge on any atom is -0.506 e. The van der Waals surface area contributed by atoms with Gasteiger partial charge in [-0.05, 0) is 42.3 Å². The molecule has 3 aromatic carbocycles. The molecule has 0 fully saturated rings. The summed E-state index contributed by atoms with van der Waals surface area (Å²) >= 11 is 12.4. The number of carbonyl (C=O) groups excluding carboxylic acids is 1. The SMILES string of the molecule is Cc1cccc(CN(C)C(=O)c2ccc(-c3c4cc(Cl)c(=O)cc-4oc4cc(O)c(Cl)cc34)cc2)c1. The van der Waals surface area contributed by atoms with Crippen molar-refractivity contribution in [2.45, 2.75) is 13.5 Å². The normalized spacial score (nSPS) is 11.2. The average Bonchev–Trinajstić information content (AvgIpc) is 2.84. The zero-order chi connectivity index (χ0) is 25.6. The van der Waals surface area contributed by atoms with Crippen LogP contribution in [0.1, 0.15) is 21.5 Å². The molecule has 0 aromatic heterocycles. The molecule has 1 aliphatic heterocycles. The van der Waals surface area contributed by atoms with Crippen molar-refractivity contribution in [3.8, 4) is 28.2 Å². The predicted octanol–water partition coefficient (Wildman–Crippen LogP) is 7.16. The molecule has 1 heterocycles. The lowest BCUT2D eigenvalue weighted by Crippen LogP contribution is -2.26. The van der Waals surface area contributed by atoms with Crippen LogP contribution < -0.4 is 5.43 Å². The maximum atomic E-state index is 13.1. The lowest BCUT2D eigenvalue weighted by atomic mass is 9.93. The fraction of sp³-hybridized carbons (Fsp3) is 0.103. The van der Waals surface area contributed by atoms with Gasteiger partial charge in [-0.3, -0.25) is 9.59 Å². The summed E-state index contributed by atoms with van der Waals surface area (Å²) in [5.41, 5.74) is 4.85. The van der Waals surface area contributed by atoms with Gasteiger partial charge in [0.25, 0.3) is 5.91 Å². The minimum atomic E-state index is -0.367. The molecule has 0 saturated carbocycles. The van der Waals surface area contributed by atoms with Crippen LogP contribution in [0.2, 0.25) is 10.0 Å². The van der Waals surface area contributed by atoms with E-state index in [-0.39, 0.29) is 27.1 Å². The molecule has 7 heteroatoms. The average molecular weight is 518 g/mol. The second-order valence-electron chi connectivity index (χ2n) is 8.78. The molecule has 1 aliphatic carbocycles. The summed E-state index contributed by atoms with van der Waals surface area (Å²) in [7, 11) is 1.77. The van der Waals surface area contributed by atoms with Crippen molar-refractivity contribution in [1.82, 2.24) is 4.90 Å². The highest BCUT2D eigenvalue weighted by molar-refractivity contribution is 6.33. The summed E-state index contributed by atoms with van der Waals surface area (Å²) < 4.78 is 5.90. The number of rotatable bonds is 4. The molecular weight excluding hydrogens is 497 g/mol. The highest BCUT2D eigenvalue weighted by atomic mass is 35.5. The number of hydrogen-bond donors (Lipinski definition) is 1. The highest BCUT2D eigenvalue weighted by Gasteiger charge is 2.21. The van der Waals surface area contributed by atoms with Gasteiger partial charge in [-0.2, -0.15) is 0 Å². The number of hydrogen-bond acceptors (Lipinski definition) is 4. The van der Waals surface area contributed by atoms with Crippen molar-refractivity contribution in [2.24, 2.45) is 0 Å². The van der Waals surface area contributed by atoms with Crippen molar-refractivity contribution in [3.05, 3.63) is 110 Å².